The van der Waals surface area contributed by atoms with Crippen LogP contribution in [0.2, 0.25) is 0 Å². The maximum Gasteiger partial charge on any atom is 0.265 e. The molecule has 6 nitrogen and oxygen atoms in total. The number of hydrogen-bond donors (Lipinski definition) is 1. The highest BCUT2D eigenvalue weighted by molar-refractivity contribution is 7.13. The maximum atomic E-state index is 12.3. The second-order valence-electron chi connectivity index (χ2n) is 5.31. The van der Waals surface area contributed by atoms with Gasteiger partial charge in [-0.05, 0) is 30.8 Å². The molecule has 0 spiro atoms. The van der Waals surface area contributed by atoms with E-state index in [4.69, 9.17) is 0 Å². The van der Waals surface area contributed by atoms with Crippen LogP contribution in [0, 0.1) is 0 Å². The van der Waals surface area contributed by atoms with Crippen LogP contribution < -0.4 is 10.2 Å². The molecule has 0 aliphatic carbocycles. The zero-order chi connectivity index (χ0) is 15.4. The number of carbonyl (C=O) groups excluding carboxylic acids is 1. The molecule has 1 aliphatic heterocycles. The van der Waals surface area contributed by atoms with Crippen molar-refractivity contribution in [2.75, 3.05) is 18.0 Å². The summed E-state index contributed by atoms with van der Waals surface area (Å²) in [4.78, 5) is 19.7. The Bertz CT molecular complexity index is 613. The Morgan fingerprint density at radius 2 is 2.45 bits per heavy atom. The minimum atomic E-state index is -0.0514. The number of anilines is 1. The predicted octanol–water partition coefficient (Wildman–Crippen LogP) is 2.35. The van der Waals surface area contributed by atoms with Crippen molar-refractivity contribution in [1.29, 1.82) is 0 Å². The molecule has 0 radical (unpaired) electrons. The molecule has 0 bridgehead atoms. The van der Waals surface area contributed by atoms with Gasteiger partial charge in [0.1, 0.15) is 4.88 Å². The molecular formula is C14H19N5OS2. The molecule has 2 aromatic rings. The van der Waals surface area contributed by atoms with Gasteiger partial charge in [-0.1, -0.05) is 17.8 Å². The van der Waals surface area contributed by atoms with E-state index >= 15 is 0 Å². The summed E-state index contributed by atoms with van der Waals surface area (Å²) in [6.45, 7) is 3.73. The monoisotopic (exact) mass is 337 g/mol. The molecule has 3 heterocycles. The third kappa shape index (κ3) is 3.27. The largest absolute Gasteiger partial charge is 0.349 e. The van der Waals surface area contributed by atoms with E-state index in [1.165, 1.54) is 11.5 Å². The normalized spacial score (nSPS) is 17.9. The number of nitrogens with zero attached hydrogens (tertiary/aromatic N) is 4. The van der Waals surface area contributed by atoms with Gasteiger partial charge in [0.15, 0.2) is 5.13 Å². The topological polar surface area (TPSA) is 71.0 Å². The van der Waals surface area contributed by atoms with Gasteiger partial charge in [0, 0.05) is 30.7 Å². The highest BCUT2D eigenvalue weighted by Crippen LogP contribution is 2.26. The fourth-order valence-corrected chi connectivity index (χ4v) is 4.10. The third-order valence-corrected chi connectivity index (χ3v) is 5.36. The average Bonchev–Trinajstić information content (AvgIpc) is 3.25. The van der Waals surface area contributed by atoms with Gasteiger partial charge in [0.25, 0.3) is 5.91 Å². The number of nitrogens with one attached hydrogen (secondary N) is 1. The van der Waals surface area contributed by atoms with Gasteiger partial charge in [-0.3, -0.25) is 4.79 Å². The van der Waals surface area contributed by atoms with Crippen LogP contribution in [0.25, 0.3) is 0 Å². The Morgan fingerprint density at radius 1 is 1.55 bits per heavy atom. The molecule has 1 aliphatic rings. The first kappa shape index (κ1) is 15.4. The molecule has 1 atom stereocenters. The molecule has 1 saturated heterocycles. The molecule has 2 aromatic heterocycles. The summed E-state index contributed by atoms with van der Waals surface area (Å²) in [6.07, 6.45) is 5.82. The summed E-state index contributed by atoms with van der Waals surface area (Å²) in [5, 5.41) is 10.1. The van der Waals surface area contributed by atoms with Crippen LogP contribution in [0.4, 0.5) is 5.13 Å². The predicted molar refractivity (Wildman–Crippen MR) is 88.7 cm³/mol. The van der Waals surface area contributed by atoms with Gasteiger partial charge in [-0.2, -0.15) is 0 Å². The first-order chi connectivity index (χ1) is 10.8. The number of hydrogen-bond acceptors (Lipinski definition) is 7. The Labute approximate surface area is 137 Å². The van der Waals surface area contributed by atoms with Gasteiger partial charge in [0.05, 0.1) is 5.69 Å². The molecule has 3 rings (SSSR count). The fourth-order valence-electron chi connectivity index (χ4n) is 2.73. The van der Waals surface area contributed by atoms with E-state index in [0.29, 0.717) is 17.5 Å². The molecule has 0 unspecified atom stereocenters. The lowest BCUT2D eigenvalue weighted by Crippen LogP contribution is -2.40. The van der Waals surface area contributed by atoms with Crippen LogP contribution in [0.5, 0.6) is 0 Å². The van der Waals surface area contributed by atoms with Gasteiger partial charge < -0.3 is 10.2 Å². The van der Waals surface area contributed by atoms with Gasteiger partial charge in [-0.25, -0.2) is 4.98 Å². The maximum absolute atomic E-state index is 12.3. The van der Waals surface area contributed by atoms with Crippen molar-refractivity contribution in [2.24, 2.45) is 0 Å². The molecule has 118 valence electrons. The first-order valence-electron chi connectivity index (χ1n) is 7.55. The van der Waals surface area contributed by atoms with E-state index in [9.17, 15) is 4.79 Å². The van der Waals surface area contributed by atoms with Crippen molar-refractivity contribution < 1.29 is 4.79 Å². The van der Waals surface area contributed by atoms with Crippen LogP contribution >= 0.6 is 22.9 Å². The van der Waals surface area contributed by atoms with E-state index in [-0.39, 0.29) is 5.91 Å². The number of thiazole rings is 1. The van der Waals surface area contributed by atoms with E-state index in [1.807, 2.05) is 11.6 Å². The molecule has 0 aromatic carbocycles. The Balaban J connectivity index is 1.59. The van der Waals surface area contributed by atoms with Crippen LogP contribution in [0.3, 0.4) is 0 Å². The van der Waals surface area contributed by atoms with Crippen LogP contribution in [-0.2, 0) is 6.42 Å². The average molecular weight is 337 g/mol. The molecule has 1 fully saturated rings. The molecule has 1 amide bonds. The summed E-state index contributed by atoms with van der Waals surface area (Å²) in [5.41, 5.74) is 0.813. The van der Waals surface area contributed by atoms with E-state index in [0.717, 1.165) is 43.1 Å². The van der Waals surface area contributed by atoms with E-state index in [2.05, 4.69) is 31.7 Å². The van der Waals surface area contributed by atoms with Crippen molar-refractivity contribution in [3.63, 3.8) is 0 Å². The lowest BCUT2D eigenvalue weighted by molar-refractivity contribution is 0.0954. The molecule has 8 heteroatoms. The van der Waals surface area contributed by atoms with Crippen molar-refractivity contribution >= 4 is 33.9 Å². The van der Waals surface area contributed by atoms with Crippen molar-refractivity contribution in [2.45, 2.75) is 38.6 Å². The minimum absolute atomic E-state index is 0.0514. The summed E-state index contributed by atoms with van der Waals surface area (Å²) in [6, 6.07) is 0.325. The van der Waals surface area contributed by atoms with E-state index in [1.54, 1.807) is 11.3 Å². The lowest BCUT2D eigenvalue weighted by atomic mass is 10.2. The summed E-state index contributed by atoms with van der Waals surface area (Å²) >= 11 is 2.83. The smallest absolute Gasteiger partial charge is 0.265 e. The summed E-state index contributed by atoms with van der Waals surface area (Å²) in [7, 11) is 0. The number of aryl methyl sites for hydroxylation is 1. The van der Waals surface area contributed by atoms with Crippen LogP contribution in [0.15, 0.2) is 11.6 Å². The molecule has 0 saturated carbocycles. The van der Waals surface area contributed by atoms with E-state index < -0.39 is 0 Å². The first-order valence-corrected chi connectivity index (χ1v) is 9.20. The highest BCUT2D eigenvalue weighted by Gasteiger charge is 2.27. The number of carbonyl (C=O) groups is 1. The lowest BCUT2D eigenvalue weighted by Gasteiger charge is -2.24. The number of rotatable bonds is 6. The second kappa shape index (κ2) is 7.15. The number of amides is 1. The SMILES string of the molecule is CCCc1nnsc1C(=O)NC[C@@H]1CCCN1c1nccs1. The van der Waals surface area contributed by atoms with Crippen molar-refractivity contribution in [3.05, 3.63) is 22.1 Å². The molecule has 22 heavy (non-hydrogen) atoms. The Hall–Kier alpha value is -1.54. The fraction of sp³-hybridized carbons (Fsp3) is 0.571. The zero-order valence-electron chi connectivity index (χ0n) is 12.5. The summed E-state index contributed by atoms with van der Waals surface area (Å²) < 4.78 is 3.91. The standard InChI is InChI=1S/C14H19N5OS2/c1-2-4-11-12(22-18-17-11)13(20)16-9-10-5-3-7-19(10)14-15-6-8-21-14/h6,8,10H,2-5,7,9H2,1H3,(H,16,20)/t10-/m0/s1. The van der Waals surface area contributed by atoms with Crippen LogP contribution in [0.1, 0.15) is 41.6 Å². The summed E-state index contributed by atoms with van der Waals surface area (Å²) in [5.74, 6) is -0.0514. The van der Waals surface area contributed by atoms with Crippen LogP contribution in [-0.4, -0.2) is 39.6 Å². The molecule has 1 N–H and O–H groups in total. The van der Waals surface area contributed by atoms with Gasteiger partial charge in [-0.15, -0.1) is 16.4 Å². The highest BCUT2D eigenvalue weighted by atomic mass is 32.1. The number of aromatic nitrogens is 3. The Kier molecular flexibility index (Phi) is 4.99. The zero-order valence-corrected chi connectivity index (χ0v) is 14.1. The minimum Gasteiger partial charge on any atom is -0.349 e. The van der Waals surface area contributed by atoms with Crippen molar-refractivity contribution in [1.82, 2.24) is 19.9 Å². The van der Waals surface area contributed by atoms with Crippen molar-refractivity contribution in [3.8, 4) is 0 Å². The second-order valence-corrected chi connectivity index (χ2v) is 6.94. The van der Waals surface area contributed by atoms with Gasteiger partial charge >= 0.3 is 0 Å². The van der Waals surface area contributed by atoms with Gasteiger partial charge in [0.2, 0.25) is 0 Å². The molecular weight excluding hydrogens is 318 g/mol. The quantitative estimate of drug-likeness (QED) is 0.876. The Morgan fingerprint density at radius 3 is 3.23 bits per heavy atom. The third-order valence-electron chi connectivity index (χ3n) is 3.79.